The number of amides is 1. The fourth-order valence-electron chi connectivity index (χ4n) is 2.32. The number of benzene rings is 2. The molecule has 0 unspecified atom stereocenters. The van der Waals surface area contributed by atoms with Gasteiger partial charge in [0.05, 0.1) is 4.92 Å². The van der Waals surface area contributed by atoms with E-state index in [1.54, 1.807) is 12.1 Å². The standard InChI is InChI=1S/C11H16N2O.C8H8N2O3/c1-3-13(4-2)10-6-5-9(8-12)11(14)7-10;1-9-8(11)6-2-4-7(5-3-6)10(12)13/h5-8,12,14H,3-4H2,1-2H3;2-5H,1H3,(H,9,11). The molecule has 0 heterocycles. The summed E-state index contributed by atoms with van der Waals surface area (Å²) in [5, 5.41) is 29.3. The maximum Gasteiger partial charge on any atom is 0.269 e. The van der Waals surface area contributed by atoms with Crippen LogP contribution in [0.15, 0.2) is 42.5 Å². The summed E-state index contributed by atoms with van der Waals surface area (Å²) < 4.78 is 0. The summed E-state index contributed by atoms with van der Waals surface area (Å²) in [5.74, 6) is -0.0840. The van der Waals surface area contributed by atoms with Crippen molar-refractivity contribution >= 4 is 23.5 Å². The van der Waals surface area contributed by atoms with Crippen molar-refractivity contribution in [2.45, 2.75) is 13.8 Å². The second kappa shape index (κ2) is 10.5. The number of hydrogen-bond donors (Lipinski definition) is 3. The molecule has 8 heteroatoms. The van der Waals surface area contributed by atoms with E-state index in [1.807, 2.05) is 6.07 Å². The molecule has 0 bridgehead atoms. The Hall–Kier alpha value is -3.42. The highest BCUT2D eigenvalue weighted by Crippen LogP contribution is 2.23. The van der Waals surface area contributed by atoms with Crippen LogP contribution in [0.3, 0.4) is 0 Å². The Balaban J connectivity index is 0.000000271. The lowest BCUT2D eigenvalue weighted by Gasteiger charge is -2.21. The number of anilines is 1. The van der Waals surface area contributed by atoms with E-state index in [4.69, 9.17) is 5.41 Å². The van der Waals surface area contributed by atoms with Gasteiger partial charge >= 0.3 is 0 Å². The normalized spacial score (nSPS) is 9.59. The maximum absolute atomic E-state index is 11.0. The van der Waals surface area contributed by atoms with Crippen molar-refractivity contribution in [1.82, 2.24) is 5.32 Å². The molecule has 2 aromatic carbocycles. The SMILES string of the molecule is CCN(CC)c1ccc(C=N)c(O)c1.CNC(=O)c1ccc([N+](=O)[O-])cc1. The van der Waals surface area contributed by atoms with Gasteiger partial charge in [0.2, 0.25) is 0 Å². The van der Waals surface area contributed by atoms with E-state index in [0.29, 0.717) is 11.1 Å². The summed E-state index contributed by atoms with van der Waals surface area (Å²) in [6, 6.07) is 10.8. The number of phenolic OH excluding ortho intramolecular Hbond substituents is 1. The molecular formula is C19H24N4O4. The largest absolute Gasteiger partial charge is 0.507 e. The van der Waals surface area contributed by atoms with Crippen LogP contribution in [0.25, 0.3) is 0 Å². The third-order valence-corrected chi connectivity index (χ3v) is 3.87. The van der Waals surface area contributed by atoms with E-state index in [9.17, 15) is 20.0 Å². The molecule has 0 aliphatic rings. The van der Waals surface area contributed by atoms with Crippen LogP contribution in [0.5, 0.6) is 5.75 Å². The first-order valence-corrected chi connectivity index (χ1v) is 8.42. The molecule has 8 nitrogen and oxygen atoms in total. The Kier molecular flexibility index (Phi) is 8.44. The van der Waals surface area contributed by atoms with Gasteiger partial charge in [-0.3, -0.25) is 14.9 Å². The van der Waals surface area contributed by atoms with Crippen molar-refractivity contribution in [2.24, 2.45) is 0 Å². The summed E-state index contributed by atoms with van der Waals surface area (Å²) in [5.41, 5.74) is 1.94. The van der Waals surface area contributed by atoms with Gasteiger partial charge in [-0.15, -0.1) is 0 Å². The Morgan fingerprint density at radius 2 is 1.81 bits per heavy atom. The minimum atomic E-state index is -0.506. The van der Waals surface area contributed by atoms with Crippen molar-refractivity contribution in [2.75, 3.05) is 25.0 Å². The summed E-state index contributed by atoms with van der Waals surface area (Å²) in [6.07, 6.45) is 1.15. The summed E-state index contributed by atoms with van der Waals surface area (Å²) in [4.78, 5) is 22.9. The predicted molar refractivity (Wildman–Crippen MR) is 106 cm³/mol. The predicted octanol–water partition coefficient (Wildman–Crippen LogP) is 3.19. The van der Waals surface area contributed by atoms with E-state index < -0.39 is 4.92 Å². The lowest BCUT2D eigenvalue weighted by atomic mass is 10.2. The van der Waals surface area contributed by atoms with Crippen LogP contribution in [0.2, 0.25) is 0 Å². The Bertz CT molecular complexity index is 787. The summed E-state index contributed by atoms with van der Waals surface area (Å²) >= 11 is 0. The van der Waals surface area contributed by atoms with Gasteiger partial charge in [0.15, 0.2) is 0 Å². The zero-order valence-electron chi connectivity index (χ0n) is 15.6. The van der Waals surface area contributed by atoms with Crippen LogP contribution < -0.4 is 10.2 Å². The number of hydrogen-bond acceptors (Lipinski definition) is 6. The maximum atomic E-state index is 11.0. The van der Waals surface area contributed by atoms with E-state index in [2.05, 4.69) is 24.1 Å². The number of carbonyl (C=O) groups is 1. The zero-order chi connectivity index (χ0) is 20.4. The Morgan fingerprint density at radius 3 is 2.22 bits per heavy atom. The van der Waals surface area contributed by atoms with Crippen LogP contribution in [-0.2, 0) is 0 Å². The molecule has 0 radical (unpaired) electrons. The molecule has 0 saturated carbocycles. The number of rotatable bonds is 6. The van der Waals surface area contributed by atoms with Crippen molar-refractivity contribution in [1.29, 1.82) is 5.41 Å². The second-order valence-corrected chi connectivity index (χ2v) is 5.44. The van der Waals surface area contributed by atoms with Gasteiger partial charge in [0.1, 0.15) is 5.75 Å². The van der Waals surface area contributed by atoms with Crippen LogP contribution in [0.1, 0.15) is 29.8 Å². The lowest BCUT2D eigenvalue weighted by Crippen LogP contribution is -2.21. The smallest absolute Gasteiger partial charge is 0.269 e. The average Bonchev–Trinajstić information content (AvgIpc) is 2.69. The Labute approximate surface area is 158 Å². The van der Waals surface area contributed by atoms with Crippen molar-refractivity contribution < 1.29 is 14.8 Å². The number of carbonyl (C=O) groups excluding carboxylic acids is 1. The third kappa shape index (κ3) is 6.10. The highest BCUT2D eigenvalue weighted by Gasteiger charge is 2.07. The molecule has 0 saturated heterocycles. The monoisotopic (exact) mass is 372 g/mol. The van der Waals surface area contributed by atoms with Gasteiger partial charge in [0.25, 0.3) is 11.6 Å². The number of non-ortho nitro benzene ring substituents is 1. The molecule has 0 atom stereocenters. The van der Waals surface area contributed by atoms with E-state index in [0.717, 1.165) is 25.0 Å². The molecule has 27 heavy (non-hydrogen) atoms. The molecule has 0 aliphatic carbocycles. The average molecular weight is 372 g/mol. The fraction of sp³-hybridized carbons (Fsp3) is 0.263. The molecule has 1 amide bonds. The molecule has 2 rings (SSSR count). The minimum Gasteiger partial charge on any atom is -0.507 e. The first kappa shape index (κ1) is 21.6. The first-order chi connectivity index (χ1) is 12.9. The molecule has 2 aromatic rings. The van der Waals surface area contributed by atoms with Crippen molar-refractivity contribution in [3.8, 4) is 5.75 Å². The van der Waals surface area contributed by atoms with Gasteiger partial charge in [-0.1, -0.05) is 0 Å². The molecule has 0 aliphatic heterocycles. The van der Waals surface area contributed by atoms with Gasteiger partial charge in [-0.05, 0) is 38.1 Å². The van der Waals surface area contributed by atoms with Gasteiger partial charge in [0, 0.05) is 61.4 Å². The number of aromatic hydroxyl groups is 1. The minimum absolute atomic E-state index is 0.0207. The third-order valence-electron chi connectivity index (χ3n) is 3.87. The fourth-order valence-corrected chi connectivity index (χ4v) is 2.32. The van der Waals surface area contributed by atoms with Gasteiger partial charge < -0.3 is 20.7 Å². The summed E-state index contributed by atoms with van der Waals surface area (Å²) in [6.45, 7) is 5.98. The molecule has 0 fully saturated rings. The number of nitrogens with one attached hydrogen (secondary N) is 2. The van der Waals surface area contributed by atoms with Crippen LogP contribution >= 0.6 is 0 Å². The van der Waals surface area contributed by atoms with Crippen LogP contribution in [0, 0.1) is 15.5 Å². The van der Waals surface area contributed by atoms with Crippen molar-refractivity contribution in [3.05, 3.63) is 63.7 Å². The number of nitro benzene ring substituents is 1. The van der Waals surface area contributed by atoms with Crippen molar-refractivity contribution in [3.63, 3.8) is 0 Å². The molecule has 3 N–H and O–H groups in total. The van der Waals surface area contributed by atoms with Crippen LogP contribution in [0.4, 0.5) is 11.4 Å². The molecule has 144 valence electrons. The van der Waals surface area contributed by atoms with Gasteiger partial charge in [-0.2, -0.15) is 0 Å². The number of nitro groups is 1. The number of nitrogens with zero attached hydrogens (tertiary/aromatic N) is 2. The topological polar surface area (TPSA) is 120 Å². The van der Waals surface area contributed by atoms with E-state index >= 15 is 0 Å². The summed E-state index contributed by atoms with van der Waals surface area (Å²) in [7, 11) is 1.50. The quantitative estimate of drug-likeness (QED) is 0.409. The molecule has 0 aromatic heterocycles. The van der Waals surface area contributed by atoms with Gasteiger partial charge in [-0.25, -0.2) is 0 Å². The Morgan fingerprint density at radius 1 is 1.22 bits per heavy atom. The highest BCUT2D eigenvalue weighted by atomic mass is 16.6. The molecule has 0 spiro atoms. The van der Waals surface area contributed by atoms with E-state index in [1.165, 1.54) is 31.3 Å². The second-order valence-electron chi connectivity index (χ2n) is 5.44. The molecular weight excluding hydrogens is 348 g/mol. The zero-order valence-corrected chi connectivity index (χ0v) is 15.6. The lowest BCUT2D eigenvalue weighted by molar-refractivity contribution is -0.384. The highest BCUT2D eigenvalue weighted by molar-refractivity contribution is 5.94. The number of phenols is 1. The first-order valence-electron chi connectivity index (χ1n) is 8.42. The van der Waals surface area contributed by atoms with Crippen LogP contribution in [-0.4, -0.2) is 42.3 Å². The van der Waals surface area contributed by atoms with E-state index in [-0.39, 0.29) is 17.3 Å².